The highest BCUT2D eigenvalue weighted by Crippen LogP contribution is 2.14. The van der Waals surface area contributed by atoms with Crippen molar-refractivity contribution in [1.82, 2.24) is 0 Å². The fourth-order valence-corrected chi connectivity index (χ4v) is 1.92. The van der Waals surface area contributed by atoms with Crippen molar-refractivity contribution in [2.75, 3.05) is 11.3 Å². The molecule has 0 saturated heterocycles. The molecule has 7 heteroatoms. The number of carbonyl (C=O) groups excluding carboxylic acids is 1. The van der Waals surface area contributed by atoms with E-state index in [1.54, 1.807) is 12.1 Å². The van der Waals surface area contributed by atoms with E-state index in [9.17, 15) is 13.2 Å². The number of rotatable bonds is 6. The van der Waals surface area contributed by atoms with Crippen molar-refractivity contribution in [1.29, 1.82) is 0 Å². The predicted octanol–water partition coefficient (Wildman–Crippen LogP) is 2.54. The second-order valence-electron chi connectivity index (χ2n) is 3.61. The average molecular weight is 292 g/mol. The van der Waals surface area contributed by atoms with Gasteiger partial charge in [-0.1, -0.05) is 19.4 Å². The third-order valence-electron chi connectivity index (χ3n) is 2.07. The minimum absolute atomic E-state index is 0.218. The Bertz CT molecular complexity index is 516. The average Bonchev–Trinajstić information content (AvgIpc) is 2.27. The summed E-state index contributed by atoms with van der Waals surface area (Å²) in [5.74, 6) is -0.487. The molecule has 0 amide bonds. The fraction of sp³-hybridized carbons (Fsp3) is 0.364. The Labute approximate surface area is 111 Å². The number of anilines is 1. The summed E-state index contributed by atoms with van der Waals surface area (Å²) in [4.78, 5) is 11.6. The molecule has 0 heterocycles. The molecule has 0 aliphatic carbocycles. The van der Waals surface area contributed by atoms with E-state index in [0.717, 1.165) is 12.8 Å². The van der Waals surface area contributed by atoms with Crippen LogP contribution in [0.3, 0.4) is 0 Å². The van der Waals surface area contributed by atoms with Crippen LogP contribution in [0.25, 0.3) is 0 Å². The van der Waals surface area contributed by atoms with Gasteiger partial charge in [0.25, 0.3) is 0 Å². The van der Waals surface area contributed by atoms with Crippen LogP contribution in [0.2, 0.25) is 0 Å². The lowest BCUT2D eigenvalue weighted by atomic mass is 10.2. The Morgan fingerprint density at radius 2 is 2.17 bits per heavy atom. The van der Waals surface area contributed by atoms with E-state index in [1.165, 1.54) is 12.1 Å². The van der Waals surface area contributed by atoms with Gasteiger partial charge in [0.2, 0.25) is 0 Å². The number of unbranched alkanes of at least 4 members (excludes halogenated alkanes) is 1. The van der Waals surface area contributed by atoms with Gasteiger partial charge in [-0.25, -0.2) is 4.79 Å². The monoisotopic (exact) mass is 291 g/mol. The SMILES string of the molecule is CCCCOC(=O)c1cccc(NS(=O)(=O)Cl)c1. The van der Waals surface area contributed by atoms with E-state index in [2.05, 4.69) is 4.72 Å². The van der Waals surface area contributed by atoms with Crippen molar-refractivity contribution < 1.29 is 17.9 Å². The highest BCUT2D eigenvalue weighted by Gasteiger charge is 2.10. The van der Waals surface area contributed by atoms with Crippen LogP contribution in [0, 0.1) is 0 Å². The summed E-state index contributed by atoms with van der Waals surface area (Å²) in [6.07, 6.45) is 1.72. The quantitative estimate of drug-likeness (QED) is 0.497. The van der Waals surface area contributed by atoms with Gasteiger partial charge in [0.15, 0.2) is 0 Å². The van der Waals surface area contributed by atoms with Gasteiger partial charge in [0.05, 0.1) is 17.9 Å². The number of hydrogen-bond acceptors (Lipinski definition) is 4. The molecule has 0 saturated carbocycles. The first kappa shape index (κ1) is 14.8. The van der Waals surface area contributed by atoms with Crippen LogP contribution in [0.4, 0.5) is 5.69 Å². The molecule has 0 radical (unpaired) electrons. The number of nitrogens with one attached hydrogen (secondary N) is 1. The van der Waals surface area contributed by atoms with Crippen LogP contribution in [0.1, 0.15) is 30.1 Å². The molecule has 0 fully saturated rings. The minimum atomic E-state index is -3.87. The maximum Gasteiger partial charge on any atom is 0.338 e. The zero-order valence-corrected chi connectivity index (χ0v) is 11.4. The Hall–Kier alpha value is -1.27. The molecular formula is C11H14ClNO4S. The molecule has 0 spiro atoms. The Kier molecular flexibility index (Phi) is 5.43. The van der Waals surface area contributed by atoms with Crippen LogP contribution in [0.5, 0.6) is 0 Å². The zero-order valence-electron chi connectivity index (χ0n) is 9.85. The van der Waals surface area contributed by atoms with Gasteiger partial charge in [-0.15, -0.1) is 0 Å². The highest BCUT2D eigenvalue weighted by molar-refractivity contribution is 8.14. The molecule has 0 aromatic heterocycles. The molecule has 0 aliphatic rings. The topological polar surface area (TPSA) is 72.5 Å². The van der Waals surface area contributed by atoms with Gasteiger partial charge in [-0.05, 0) is 24.6 Å². The van der Waals surface area contributed by atoms with Gasteiger partial charge >= 0.3 is 15.2 Å². The summed E-state index contributed by atoms with van der Waals surface area (Å²) in [6, 6.07) is 5.94. The van der Waals surface area contributed by atoms with Crippen molar-refractivity contribution in [3.63, 3.8) is 0 Å². The van der Waals surface area contributed by atoms with Crippen LogP contribution in [0.15, 0.2) is 24.3 Å². The first-order valence-corrected chi connectivity index (χ1v) is 7.73. The maximum atomic E-state index is 11.6. The zero-order chi connectivity index (χ0) is 13.6. The first-order valence-electron chi connectivity index (χ1n) is 5.42. The third kappa shape index (κ3) is 5.37. The summed E-state index contributed by atoms with van der Waals surface area (Å²) < 4.78 is 28.7. The summed E-state index contributed by atoms with van der Waals surface area (Å²) in [6.45, 7) is 2.34. The Morgan fingerprint density at radius 3 is 2.78 bits per heavy atom. The van der Waals surface area contributed by atoms with Gasteiger partial charge in [-0.3, -0.25) is 4.72 Å². The highest BCUT2D eigenvalue weighted by atomic mass is 35.7. The van der Waals surface area contributed by atoms with Crippen LogP contribution < -0.4 is 4.72 Å². The molecule has 5 nitrogen and oxygen atoms in total. The number of esters is 1. The van der Waals surface area contributed by atoms with E-state index < -0.39 is 15.2 Å². The van der Waals surface area contributed by atoms with Gasteiger partial charge in [-0.2, -0.15) is 8.42 Å². The number of halogens is 1. The van der Waals surface area contributed by atoms with Crippen molar-refractivity contribution >= 4 is 31.6 Å². The fourth-order valence-electron chi connectivity index (χ4n) is 1.24. The van der Waals surface area contributed by atoms with E-state index in [4.69, 9.17) is 15.4 Å². The molecule has 1 N–H and O–H groups in total. The molecule has 1 aromatic carbocycles. The second-order valence-corrected chi connectivity index (χ2v) is 5.91. The lowest BCUT2D eigenvalue weighted by molar-refractivity contribution is 0.0500. The lowest BCUT2D eigenvalue weighted by Gasteiger charge is -2.06. The summed E-state index contributed by atoms with van der Waals surface area (Å²) >= 11 is 0. The van der Waals surface area contributed by atoms with Gasteiger partial charge < -0.3 is 4.74 Å². The van der Waals surface area contributed by atoms with E-state index >= 15 is 0 Å². The smallest absolute Gasteiger partial charge is 0.338 e. The second kappa shape index (κ2) is 6.61. The molecule has 1 aromatic rings. The van der Waals surface area contributed by atoms with E-state index in [-0.39, 0.29) is 11.3 Å². The van der Waals surface area contributed by atoms with Crippen LogP contribution in [-0.4, -0.2) is 21.0 Å². The molecule has 100 valence electrons. The van der Waals surface area contributed by atoms with Crippen molar-refractivity contribution in [3.05, 3.63) is 29.8 Å². The Morgan fingerprint density at radius 1 is 1.44 bits per heavy atom. The molecule has 18 heavy (non-hydrogen) atoms. The number of carbonyl (C=O) groups is 1. The third-order valence-corrected chi connectivity index (χ3v) is 2.78. The normalized spacial score (nSPS) is 11.0. The molecule has 0 bridgehead atoms. The summed E-state index contributed by atoms with van der Waals surface area (Å²) in [5, 5.41) is 0. The number of ether oxygens (including phenoxy) is 1. The van der Waals surface area contributed by atoms with Crippen molar-refractivity contribution in [2.24, 2.45) is 0 Å². The molecule has 0 unspecified atom stereocenters. The summed E-state index contributed by atoms with van der Waals surface area (Å²) in [5.41, 5.74) is 0.492. The van der Waals surface area contributed by atoms with Crippen LogP contribution in [-0.2, 0) is 14.0 Å². The molecule has 0 atom stereocenters. The Balaban J connectivity index is 2.72. The summed E-state index contributed by atoms with van der Waals surface area (Å²) in [7, 11) is 1.18. The van der Waals surface area contributed by atoms with Crippen LogP contribution >= 0.6 is 10.7 Å². The first-order chi connectivity index (χ1) is 8.42. The largest absolute Gasteiger partial charge is 0.462 e. The van der Waals surface area contributed by atoms with Crippen molar-refractivity contribution in [3.8, 4) is 0 Å². The van der Waals surface area contributed by atoms with E-state index in [0.29, 0.717) is 6.61 Å². The minimum Gasteiger partial charge on any atom is -0.462 e. The van der Waals surface area contributed by atoms with Gasteiger partial charge in [0.1, 0.15) is 0 Å². The number of benzene rings is 1. The number of hydrogen-bond donors (Lipinski definition) is 1. The standard InChI is InChI=1S/C11H14ClNO4S/c1-2-3-7-17-11(14)9-5-4-6-10(8-9)13-18(12,15)16/h4-6,8,13H,2-3,7H2,1H3. The van der Waals surface area contributed by atoms with Crippen molar-refractivity contribution in [2.45, 2.75) is 19.8 Å². The molecule has 0 aliphatic heterocycles. The maximum absolute atomic E-state index is 11.6. The van der Waals surface area contributed by atoms with Gasteiger partial charge in [0, 0.05) is 10.7 Å². The molecule has 1 rings (SSSR count). The van der Waals surface area contributed by atoms with E-state index in [1.807, 2.05) is 6.92 Å². The molecular weight excluding hydrogens is 278 g/mol. The predicted molar refractivity (Wildman–Crippen MR) is 70.0 cm³/mol. The lowest BCUT2D eigenvalue weighted by Crippen LogP contribution is -2.08.